The Labute approximate surface area is 871 Å². The molecular formula is C143H93N7. The molecule has 0 N–H and O–H groups in total. The summed E-state index contributed by atoms with van der Waals surface area (Å²) < 4.78 is 0. The van der Waals surface area contributed by atoms with Crippen LogP contribution in [0.2, 0.25) is 0 Å². The van der Waals surface area contributed by atoms with Gasteiger partial charge >= 0.3 is 0 Å². The second-order valence-corrected chi connectivity index (χ2v) is 39.2. The molecule has 23 aromatic carbocycles. The van der Waals surface area contributed by atoms with Gasteiger partial charge in [0.15, 0.2) is 34.9 Å². The van der Waals surface area contributed by atoms with Gasteiger partial charge < -0.3 is 4.90 Å². The van der Waals surface area contributed by atoms with Gasteiger partial charge in [-0.1, -0.05) is 510 Å². The zero-order valence-electron chi connectivity index (χ0n) is 81.8. The number of hydrogen-bond acceptors (Lipinski definition) is 7. The van der Waals surface area contributed by atoms with E-state index >= 15 is 0 Å². The fourth-order valence-electron chi connectivity index (χ4n) is 24.7. The topological polar surface area (TPSA) is 80.6 Å². The van der Waals surface area contributed by atoms with Gasteiger partial charge in [0.2, 0.25) is 0 Å². The van der Waals surface area contributed by atoms with Crippen molar-refractivity contribution in [3.63, 3.8) is 0 Å². The summed E-state index contributed by atoms with van der Waals surface area (Å²) in [6, 6.07) is 203. The van der Waals surface area contributed by atoms with Crippen molar-refractivity contribution in [2.45, 2.75) is 16.2 Å². The molecule has 5 aliphatic carbocycles. The summed E-state index contributed by atoms with van der Waals surface area (Å²) in [4.78, 5) is 32.6. The van der Waals surface area contributed by atoms with E-state index < -0.39 is 10.8 Å². The summed E-state index contributed by atoms with van der Waals surface area (Å²) >= 11 is 0. The maximum Gasteiger partial charge on any atom is 0.164 e. The minimum atomic E-state index is -0.504. The van der Waals surface area contributed by atoms with Crippen molar-refractivity contribution < 1.29 is 0 Å². The number of hydrogen-bond donors (Lipinski definition) is 0. The Hall–Kier alpha value is -19.6. The van der Waals surface area contributed by atoms with Crippen LogP contribution in [-0.2, 0) is 16.2 Å². The molecule has 0 amide bonds. The summed E-state index contributed by atoms with van der Waals surface area (Å²) in [5.74, 6) is 3.90. The van der Waals surface area contributed by atoms with Gasteiger partial charge in [-0.3, -0.25) is 0 Å². The number of benzene rings is 23. The van der Waals surface area contributed by atoms with Crippen molar-refractivity contribution in [3.05, 3.63) is 631 Å². The molecule has 0 atom stereocenters. The van der Waals surface area contributed by atoms with Gasteiger partial charge in [-0.05, 0) is 232 Å². The molecule has 0 bridgehead atoms. The van der Waals surface area contributed by atoms with E-state index in [4.69, 9.17) is 29.9 Å². The van der Waals surface area contributed by atoms with Gasteiger partial charge in [-0.2, -0.15) is 0 Å². The average molecular weight is 1910 g/mol. The molecule has 700 valence electrons. The Morgan fingerprint density at radius 1 is 0.127 bits per heavy atom. The zero-order valence-corrected chi connectivity index (χ0v) is 81.8. The van der Waals surface area contributed by atoms with Crippen LogP contribution in [0.1, 0.15) is 66.8 Å². The highest BCUT2D eigenvalue weighted by atomic mass is 15.1. The van der Waals surface area contributed by atoms with Gasteiger partial charge in [0.1, 0.15) is 0 Å². The van der Waals surface area contributed by atoms with Crippen LogP contribution < -0.4 is 4.90 Å². The first-order valence-electron chi connectivity index (χ1n) is 51.4. The quantitative estimate of drug-likeness (QED) is 0.0946. The van der Waals surface area contributed by atoms with Crippen LogP contribution in [0.15, 0.2) is 564 Å². The third-order valence-electron chi connectivity index (χ3n) is 31.2. The first kappa shape index (κ1) is 88.1. The van der Waals surface area contributed by atoms with E-state index in [1.165, 1.54) is 161 Å². The molecule has 0 saturated carbocycles. The second-order valence-electron chi connectivity index (χ2n) is 39.2. The lowest BCUT2D eigenvalue weighted by molar-refractivity contribution is 0.768. The van der Waals surface area contributed by atoms with Gasteiger partial charge in [-0.15, -0.1) is 0 Å². The Balaban J connectivity index is 0.000000108. The van der Waals surface area contributed by atoms with Crippen molar-refractivity contribution in [1.82, 2.24) is 29.9 Å². The normalized spacial score (nSPS) is 13.0. The van der Waals surface area contributed by atoms with Crippen LogP contribution in [0.25, 0.3) is 179 Å². The third kappa shape index (κ3) is 14.5. The van der Waals surface area contributed by atoms with E-state index in [0.29, 0.717) is 34.9 Å². The molecule has 0 radical (unpaired) electrons. The highest BCUT2D eigenvalue weighted by Gasteiger charge is 2.54. The molecule has 0 aliphatic heterocycles. The molecule has 7 nitrogen and oxygen atoms in total. The summed E-state index contributed by atoms with van der Waals surface area (Å²) in [5, 5.41) is 5.37. The van der Waals surface area contributed by atoms with E-state index in [2.05, 4.69) is 484 Å². The monoisotopic (exact) mass is 1910 g/mol. The molecule has 2 aromatic heterocycles. The highest BCUT2D eigenvalue weighted by molar-refractivity contribution is 6.18. The van der Waals surface area contributed by atoms with Crippen LogP contribution in [0, 0.1) is 0 Å². The molecule has 5 aliphatic rings. The number of nitrogens with zero attached hydrogens (tertiary/aromatic N) is 7. The summed E-state index contributed by atoms with van der Waals surface area (Å²) in [6.45, 7) is 0. The fraction of sp³-hybridized carbons (Fsp3) is 0.0210. The lowest BCUT2D eigenvalue weighted by atomic mass is 9.67. The van der Waals surface area contributed by atoms with Gasteiger partial charge in [0.25, 0.3) is 0 Å². The molecule has 2 heterocycles. The summed E-state index contributed by atoms with van der Waals surface area (Å²) in [7, 11) is 0. The summed E-state index contributed by atoms with van der Waals surface area (Å²) in [5.41, 5.74) is 43.3. The van der Waals surface area contributed by atoms with E-state index in [1.807, 2.05) is 84.9 Å². The minimum Gasteiger partial charge on any atom is -0.310 e. The SMILES string of the molecule is c1ccc(-c2ccc(-c3nc(-c4ccccc4)nc(-c4ccc5c(c4)C(c4ccccc4)(c4ccccc4)c4ccccc4-5)n3)cc2)cc1.c1ccc(-c2ccc(N(c3ccc(-c4ccccc4)cc3)c3ccc4c(c3)C3(c5ccccc5-4)c4cccc5ccc6cccc3c6c45)cc2)cc1.c1ccc(-c2nc(-c3ccccc3)nc(-c3cccc(-c4ccc5c(c4)C4(c6ccccc6-c6ccccc64)c4ccccc4-5)c3)n2)cc1. The largest absolute Gasteiger partial charge is 0.310 e. The standard InChI is InChI=1S/C51H33N.C46H29N3.C46H31N3/c1-3-11-34(12-4-1)36-23-27-40(28-24-36)52(41-29-25-37(26-30-41)35-13-5-2-6-14-35)42-31-32-44-43-17-7-8-18-45(43)51(48(44)33-42)46-19-9-15-38-21-22-39-16-10-20-47(51)50(39)49(38)46;1-3-14-30(15-4-1)43-47-44(31-16-5-2-6-17-31)49-45(48-43)34-19-13-18-32(28-34)33-26-27-38-37-22-9-12-25-41(37)46(42(38)29-33)39-23-10-7-20-35(39)36-21-8-11-24-40(36)46;1-5-15-32(16-6-1)33-25-27-35(28-26-33)44-47-43(34-17-7-2-8-18-34)48-45(49-44)36-29-30-40-39-23-13-14-24-41(39)46(42(40)31-36,37-19-9-3-10-20-37)38-21-11-4-12-22-38/h1-33H;1-29H;1-31H. The van der Waals surface area contributed by atoms with Crippen molar-refractivity contribution in [2.75, 3.05) is 4.90 Å². The molecule has 150 heavy (non-hydrogen) atoms. The van der Waals surface area contributed by atoms with Gasteiger partial charge in [0.05, 0.1) is 16.2 Å². The zero-order chi connectivity index (χ0) is 99.2. The van der Waals surface area contributed by atoms with Crippen LogP contribution in [0.4, 0.5) is 17.1 Å². The van der Waals surface area contributed by atoms with E-state index in [1.54, 1.807) is 0 Å². The van der Waals surface area contributed by atoms with E-state index in [9.17, 15) is 0 Å². The van der Waals surface area contributed by atoms with Gasteiger partial charge in [-0.25, -0.2) is 29.9 Å². The number of rotatable bonds is 15. The summed E-state index contributed by atoms with van der Waals surface area (Å²) in [6.07, 6.45) is 0. The molecule has 25 aromatic rings. The Bertz CT molecular complexity index is 9220. The predicted molar refractivity (Wildman–Crippen MR) is 615 cm³/mol. The lowest BCUT2D eigenvalue weighted by Gasteiger charge is -2.34. The molecule has 30 rings (SSSR count). The van der Waals surface area contributed by atoms with E-state index in [-0.39, 0.29) is 5.41 Å². The maximum atomic E-state index is 5.15. The average Bonchev–Trinajstić information content (AvgIpc) is 1.50. The molecule has 0 fully saturated rings. The van der Waals surface area contributed by atoms with Crippen molar-refractivity contribution in [3.8, 4) is 157 Å². The molecule has 0 unspecified atom stereocenters. The number of fused-ring (bicyclic) bond motifs is 20. The maximum absolute atomic E-state index is 5.15. The fourth-order valence-corrected chi connectivity index (χ4v) is 24.7. The molecule has 7 heteroatoms. The first-order chi connectivity index (χ1) is 74.4. The second kappa shape index (κ2) is 36.6. The third-order valence-corrected chi connectivity index (χ3v) is 31.2. The first-order valence-corrected chi connectivity index (χ1v) is 51.4. The predicted octanol–water partition coefficient (Wildman–Crippen LogP) is 35.3. The van der Waals surface area contributed by atoms with Crippen molar-refractivity contribution >= 4 is 38.6 Å². The van der Waals surface area contributed by atoms with Crippen LogP contribution in [0.3, 0.4) is 0 Å². The lowest BCUT2D eigenvalue weighted by Crippen LogP contribution is -2.28. The smallest absolute Gasteiger partial charge is 0.164 e. The Morgan fingerprint density at radius 3 is 0.733 bits per heavy atom. The van der Waals surface area contributed by atoms with Crippen molar-refractivity contribution in [1.29, 1.82) is 0 Å². The van der Waals surface area contributed by atoms with Crippen LogP contribution in [0.5, 0.6) is 0 Å². The Kier molecular flexibility index (Phi) is 21.5. The van der Waals surface area contributed by atoms with Gasteiger partial charge in [0, 0.05) is 50.4 Å². The number of anilines is 3. The molecule has 2 spiro atoms. The highest BCUT2D eigenvalue weighted by Crippen LogP contribution is 2.66. The van der Waals surface area contributed by atoms with Crippen LogP contribution >= 0.6 is 0 Å². The van der Waals surface area contributed by atoms with Crippen LogP contribution in [-0.4, -0.2) is 29.9 Å². The molecule has 0 saturated heterocycles. The molecular weight excluding hydrogens is 1820 g/mol. The Morgan fingerprint density at radius 2 is 0.347 bits per heavy atom. The van der Waals surface area contributed by atoms with Crippen molar-refractivity contribution in [2.24, 2.45) is 0 Å². The minimum absolute atomic E-state index is 0.379. The number of aromatic nitrogens is 6. The van der Waals surface area contributed by atoms with E-state index in [0.717, 1.165) is 67.1 Å².